The van der Waals surface area contributed by atoms with Crippen molar-refractivity contribution in [3.63, 3.8) is 0 Å². The highest BCUT2D eigenvalue weighted by Gasteiger charge is 2.22. The molecular weight excluding hydrogens is 360 g/mol. The second-order valence-electron chi connectivity index (χ2n) is 5.87. The number of benzene rings is 1. The number of amides is 1. The maximum absolute atomic E-state index is 12.8. The first kappa shape index (κ1) is 17.6. The van der Waals surface area contributed by atoms with Crippen LogP contribution >= 0.6 is 15.9 Å². The van der Waals surface area contributed by atoms with E-state index >= 15 is 0 Å². The first-order chi connectivity index (χ1) is 11.0. The third-order valence-electron chi connectivity index (χ3n) is 3.60. The normalized spacial score (nSPS) is 12.8. The van der Waals surface area contributed by atoms with Crippen LogP contribution in [0.5, 0.6) is 11.5 Å². The van der Waals surface area contributed by atoms with Crippen LogP contribution in [0.15, 0.2) is 16.6 Å². The molecule has 0 N–H and O–H groups in total. The van der Waals surface area contributed by atoms with Gasteiger partial charge in [-0.05, 0) is 40.4 Å². The summed E-state index contributed by atoms with van der Waals surface area (Å²) >= 11 is 3.44. The van der Waals surface area contributed by atoms with Crippen LogP contribution in [0.2, 0.25) is 0 Å². The molecule has 6 heteroatoms. The number of halogens is 1. The number of rotatable bonds is 6. The monoisotopic (exact) mass is 380 g/mol. The van der Waals surface area contributed by atoms with Gasteiger partial charge in [-0.15, -0.1) is 0 Å². The lowest BCUT2D eigenvalue weighted by atomic mass is 10.1. The third kappa shape index (κ3) is 4.61. The summed E-state index contributed by atoms with van der Waals surface area (Å²) in [4.78, 5) is 14.5. The van der Waals surface area contributed by atoms with Crippen LogP contribution in [0.3, 0.4) is 0 Å². The Morgan fingerprint density at radius 2 is 2.09 bits per heavy atom. The van der Waals surface area contributed by atoms with Gasteiger partial charge in [0, 0.05) is 18.7 Å². The number of hydrogen-bond acceptors (Lipinski definition) is 4. The predicted molar refractivity (Wildman–Crippen MR) is 90.7 cm³/mol. The van der Waals surface area contributed by atoms with Crippen LogP contribution in [0.1, 0.15) is 37.0 Å². The Balaban J connectivity index is 2.21. The van der Waals surface area contributed by atoms with Crippen molar-refractivity contribution in [2.75, 3.05) is 26.3 Å². The number of carbonyl (C=O) groups is 1. The number of fused-ring (bicyclic) bond motifs is 1. The molecule has 1 amide bonds. The van der Waals surface area contributed by atoms with Gasteiger partial charge in [-0.2, -0.15) is 5.26 Å². The predicted octanol–water partition coefficient (Wildman–Crippen LogP) is 3.62. The van der Waals surface area contributed by atoms with Gasteiger partial charge < -0.3 is 14.4 Å². The number of ether oxygens (including phenoxy) is 2. The lowest BCUT2D eigenvalue weighted by molar-refractivity contribution is 0.0750. The topological polar surface area (TPSA) is 62.6 Å². The molecule has 0 fully saturated rings. The smallest absolute Gasteiger partial charge is 0.254 e. The zero-order valence-electron chi connectivity index (χ0n) is 13.5. The Bertz CT molecular complexity index is 611. The second-order valence-corrected chi connectivity index (χ2v) is 6.72. The standard InChI is InChI=1S/C17H21BrN2O3/c1-12(2)4-7-20(6-3-5-19)17(21)13-10-14(18)16-15(11-13)22-8-9-23-16/h10-12H,3-4,6-9H2,1-2H3. The molecule has 0 atom stereocenters. The molecule has 1 aliphatic rings. The molecule has 1 aliphatic heterocycles. The van der Waals surface area contributed by atoms with Gasteiger partial charge in [0.2, 0.25) is 0 Å². The van der Waals surface area contributed by atoms with Gasteiger partial charge in [0.05, 0.1) is 17.0 Å². The van der Waals surface area contributed by atoms with E-state index in [-0.39, 0.29) is 5.91 Å². The molecule has 5 nitrogen and oxygen atoms in total. The van der Waals surface area contributed by atoms with Crippen LogP contribution in [-0.4, -0.2) is 37.1 Å². The number of nitrogens with zero attached hydrogens (tertiary/aromatic N) is 2. The molecule has 0 aliphatic carbocycles. The Labute approximate surface area is 145 Å². The van der Waals surface area contributed by atoms with E-state index in [1.165, 1.54) is 0 Å². The number of nitriles is 1. The summed E-state index contributed by atoms with van der Waals surface area (Å²) in [6.45, 7) is 6.30. The average molecular weight is 381 g/mol. The lowest BCUT2D eigenvalue weighted by Gasteiger charge is -2.24. The molecule has 1 aromatic carbocycles. The molecular formula is C17H21BrN2O3. The third-order valence-corrected chi connectivity index (χ3v) is 4.19. The minimum atomic E-state index is -0.0847. The highest BCUT2D eigenvalue weighted by Crippen LogP contribution is 2.38. The summed E-state index contributed by atoms with van der Waals surface area (Å²) < 4.78 is 11.8. The summed E-state index contributed by atoms with van der Waals surface area (Å²) in [5.74, 6) is 1.63. The fraction of sp³-hybridized carbons (Fsp3) is 0.529. The molecule has 0 aromatic heterocycles. The van der Waals surface area contributed by atoms with Gasteiger partial charge in [0.15, 0.2) is 11.5 Å². The van der Waals surface area contributed by atoms with Crippen molar-refractivity contribution in [2.24, 2.45) is 5.92 Å². The summed E-state index contributed by atoms with van der Waals surface area (Å²) in [5.41, 5.74) is 0.544. The molecule has 0 spiro atoms. The SMILES string of the molecule is CC(C)CCN(CCC#N)C(=O)c1cc(Br)c2c(c1)OCCO2. The highest BCUT2D eigenvalue weighted by atomic mass is 79.9. The average Bonchev–Trinajstić information content (AvgIpc) is 2.54. The molecule has 2 rings (SSSR count). The van der Waals surface area contributed by atoms with E-state index in [9.17, 15) is 4.79 Å². The van der Waals surface area contributed by atoms with Gasteiger partial charge >= 0.3 is 0 Å². The van der Waals surface area contributed by atoms with Crippen LogP contribution in [0, 0.1) is 17.2 Å². The van der Waals surface area contributed by atoms with Crippen molar-refractivity contribution in [1.29, 1.82) is 5.26 Å². The maximum atomic E-state index is 12.8. The van der Waals surface area contributed by atoms with Crippen molar-refractivity contribution >= 4 is 21.8 Å². The Kier molecular flexibility index (Phi) is 6.28. The van der Waals surface area contributed by atoms with Gasteiger partial charge in [0.25, 0.3) is 5.91 Å². The zero-order chi connectivity index (χ0) is 16.8. The molecule has 124 valence electrons. The number of carbonyl (C=O) groups excluding carboxylic acids is 1. The molecule has 1 aromatic rings. The molecule has 0 unspecified atom stereocenters. The van der Waals surface area contributed by atoms with Crippen LogP contribution < -0.4 is 9.47 Å². The van der Waals surface area contributed by atoms with E-state index < -0.39 is 0 Å². The van der Waals surface area contributed by atoms with Gasteiger partial charge in [-0.1, -0.05) is 13.8 Å². The zero-order valence-corrected chi connectivity index (χ0v) is 15.1. The minimum Gasteiger partial charge on any atom is -0.486 e. The lowest BCUT2D eigenvalue weighted by Crippen LogP contribution is -2.33. The highest BCUT2D eigenvalue weighted by molar-refractivity contribution is 9.10. The van der Waals surface area contributed by atoms with Crippen LogP contribution in [0.4, 0.5) is 0 Å². The summed E-state index contributed by atoms with van der Waals surface area (Å²) in [5, 5.41) is 8.82. The van der Waals surface area contributed by atoms with Gasteiger partial charge in [-0.3, -0.25) is 4.79 Å². The minimum absolute atomic E-state index is 0.0847. The van der Waals surface area contributed by atoms with E-state index in [0.717, 1.165) is 6.42 Å². The fourth-order valence-corrected chi connectivity index (χ4v) is 2.89. The fourth-order valence-electron chi connectivity index (χ4n) is 2.33. The Morgan fingerprint density at radius 1 is 1.35 bits per heavy atom. The number of hydrogen-bond donors (Lipinski definition) is 0. The van der Waals surface area contributed by atoms with Crippen LogP contribution in [0.25, 0.3) is 0 Å². The first-order valence-corrected chi connectivity index (χ1v) is 8.57. The van der Waals surface area contributed by atoms with Crippen LogP contribution in [-0.2, 0) is 0 Å². The van der Waals surface area contributed by atoms with E-state index in [0.29, 0.717) is 60.2 Å². The van der Waals surface area contributed by atoms with Gasteiger partial charge in [-0.25, -0.2) is 0 Å². The van der Waals surface area contributed by atoms with E-state index in [1.54, 1.807) is 17.0 Å². The van der Waals surface area contributed by atoms with Crippen molar-refractivity contribution in [2.45, 2.75) is 26.7 Å². The maximum Gasteiger partial charge on any atom is 0.254 e. The molecule has 0 saturated heterocycles. The van der Waals surface area contributed by atoms with E-state index in [1.807, 2.05) is 0 Å². The molecule has 23 heavy (non-hydrogen) atoms. The Morgan fingerprint density at radius 3 is 2.78 bits per heavy atom. The molecule has 0 saturated carbocycles. The summed E-state index contributed by atoms with van der Waals surface area (Å²) in [6.07, 6.45) is 1.23. The molecule has 1 heterocycles. The largest absolute Gasteiger partial charge is 0.486 e. The Hall–Kier alpha value is -1.74. The van der Waals surface area contributed by atoms with Crippen molar-refractivity contribution < 1.29 is 14.3 Å². The van der Waals surface area contributed by atoms with E-state index in [4.69, 9.17) is 14.7 Å². The van der Waals surface area contributed by atoms with Crippen molar-refractivity contribution in [1.82, 2.24) is 4.90 Å². The molecule has 0 radical (unpaired) electrons. The summed E-state index contributed by atoms with van der Waals surface area (Å²) in [6, 6.07) is 5.58. The quantitative estimate of drug-likeness (QED) is 0.755. The summed E-state index contributed by atoms with van der Waals surface area (Å²) in [7, 11) is 0. The van der Waals surface area contributed by atoms with Gasteiger partial charge in [0.1, 0.15) is 13.2 Å². The van der Waals surface area contributed by atoms with Crippen molar-refractivity contribution in [3.05, 3.63) is 22.2 Å². The van der Waals surface area contributed by atoms with E-state index in [2.05, 4.69) is 35.8 Å². The first-order valence-electron chi connectivity index (χ1n) is 7.78. The molecule has 0 bridgehead atoms. The second kappa shape index (κ2) is 8.21. The van der Waals surface area contributed by atoms with Crippen molar-refractivity contribution in [3.8, 4) is 17.6 Å².